The van der Waals surface area contributed by atoms with Gasteiger partial charge >= 0.3 is 0 Å². The third-order valence-electron chi connectivity index (χ3n) is 5.70. The number of hydrogen-bond donors (Lipinski definition) is 2. The summed E-state index contributed by atoms with van der Waals surface area (Å²) in [5.74, 6) is 2.48. The van der Waals surface area contributed by atoms with Gasteiger partial charge in [0, 0.05) is 37.7 Å². The lowest BCUT2D eigenvalue weighted by Gasteiger charge is -2.26. The number of aliphatic imine (C=N–C) groups is 1. The van der Waals surface area contributed by atoms with Crippen LogP contribution in [0.2, 0.25) is 0 Å². The van der Waals surface area contributed by atoms with E-state index in [1.807, 2.05) is 11.0 Å². The number of halogens is 1. The Kier molecular flexibility index (Phi) is 9.71. The lowest BCUT2D eigenvalue weighted by Crippen LogP contribution is -2.45. The summed E-state index contributed by atoms with van der Waals surface area (Å²) < 4.78 is 5.37. The maximum absolute atomic E-state index is 12.8. The number of hydrogen-bond acceptors (Lipinski definition) is 4. The van der Waals surface area contributed by atoms with E-state index < -0.39 is 0 Å². The van der Waals surface area contributed by atoms with Crippen molar-refractivity contribution in [3.63, 3.8) is 0 Å². The molecule has 1 aliphatic heterocycles. The van der Waals surface area contributed by atoms with Crippen molar-refractivity contribution in [2.24, 2.45) is 10.9 Å². The predicted octanol–water partition coefficient (Wildman–Crippen LogP) is 3.65. The van der Waals surface area contributed by atoms with Crippen molar-refractivity contribution in [3.05, 3.63) is 17.5 Å². The fourth-order valence-electron chi connectivity index (χ4n) is 4.03. The zero-order valence-corrected chi connectivity index (χ0v) is 20.3. The predicted molar refractivity (Wildman–Crippen MR) is 126 cm³/mol. The molecule has 1 saturated carbocycles. The van der Waals surface area contributed by atoms with Gasteiger partial charge in [0.1, 0.15) is 6.54 Å². The van der Waals surface area contributed by atoms with Gasteiger partial charge in [0.15, 0.2) is 11.7 Å². The molecule has 2 fully saturated rings. The van der Waals surface area contributed by atoms with E-state index in [1.54, 1.807) is 0 Å². The highest BCUT2D eigenvalue weighted by Gasteiger charge is 2.31. The Morgan fingerprint density at radius 1 is 1.31 bits per heavy atom. The molecule has 29 heavy (non-hydrogen) atoms. The number of carbonyl (C=O) groups excluding carboxylic acids is 1. The Balaban J connectivity index is 0.00000300. The first kappa shape index (κ1) is 24.0. The van der Waals surface area contributed by atoms with Crippen LogP contribution in [0.25, 0.3) is 0 Å². The van der Waals surface area contributed by atoms with Crippen molar-refractivity contribution >= 4 is 35.8 Å². The topological polar surface area (TPSA) is 82.8 Å². The molecule has 1 amide bonds. The van der Waals surface area contributed by atoms with Gasteiger partial charge in [-0.15, -0.1) is 24.0 Å². The highest BCUT2D eigenvalue weighted by atomic mass is 127. The monoisotopic (exact) mass is 517 g/mol. The van der Waals surface area contributed by atoms with E-state index in [4.69, 9.17) is 4.52 Å². The molecule has 0 radical (unpaired) electrons. The summed E-state index contributed by atoms with van der Waals surface area (Å²) in [6, 6.07) is 2.21. The van der Waals surface area contributed by atoms with Gasteiger partial charge in [-0.05, 0) is 32.1 Å². The van der Waals surface area contributed by atoms with Crippen LogP contribution >= 0.6 is 24.0 Å². The second-order valence-corrected chi connectivity index (χ2v) is 8.32. The normalized spacial score (nSPS) is 20.6. The first-order valence-electron chi connectivity index (χ1n) is 10.9. The third-order valence-corrected chi connectivity index (χ3v) is 5.70. The van der Waals surface area contributed by atoms with Gasteiger partial charge in [-0.3, -0.25) is 4.79 Å². The average Bonchev–Trinajstić information content (AvgIpc) is 3.36. The van der Waals surface area contributed by atoms with E-state index >= 15 is 0 Å². The standard InChI is InChI=1S/C21H35N5O2.HI/c1-4-22-21(23-13-18-12-19(15(2)3)25-28-18)24-17-10-11-26(14-17)20(27)16-8-6-5-7-9-16;/h12,15-17H,4-11,13-14H2,1-3H3,(H2,22,23,24);1H. The molecule has 2 N–H and O–H groups in total. The zero-order valence-electron chi connectivity index (χ0n) is 17.9. The highest BCUT2D eigenvalue weighted by molar-refractivity contribution is 14.0. The molecule has 7 nitrogen and oxygen atoms in total. The van der Waals surface area contributed by atoms with Crippen LogP contribution < -0.4 is 10.6 Å². The molecular formula is C21H36IN5O2. The number of aromatic nitrogens is 1. The Morgan fingerprint density at radius 2 is 2.07 bits per heavy atom. The van der Waals surface area contributed by atoms with Crippen molar-refractivity contribution in [1.29, 1.82) is 0 Å². The van der Waals surface area contributed by atoms with Crippen LogP contribution in [-0.2, 0) is 11.3 Å². The molecule has 8 heteroatoms. The number of likely N-dealkylation sites (tertiary alicyclic amines) is 1. The van der Waals surface area contributed by atoms with Crippen molar-refractivity contribution in [3.8, 4) is 0 Å². The average molecular weight is 517 g/mol. The maximum atomic E-state index is 12.8. The van der Waals surface area contributed by atoms with Crippen LogP contribution in [0.4, 0.5) is 0 Å². The van der Waals surface area contributed by atoms with Gasteiger partial charge < -0.3 is 20.1 Å². The van der Waals surface area contributed by atoms with Crippen molar-refractivity contribution in [1.82, 2.24) is 20.7 Å². The summed E-state index contributed by atoms with van der Waals surface area (Å²) in [7, 11) is 0. The van der Waals surface area contributed by atoms with Crippen LogP contribution in [-0.4, -0.2) is 47.6 Å². The molecule has 2 heterocycles. The van der Waals surface area contributed by atoms with Crippen molar-refractivity contribution in [2.75, 3.05) is 19.6 Å². The maximum Gasteiger partial charge on any atom is 0.225 e. The summed E-state index contributed by atoms with van der Waals surface area (Å²) in [5.41, 5.74) is 0.954. The van der Waals surface area contributed by atoms with E-state index in [1.165, 1.54) is 19.3 Å². The summed E-state index contributed by atoms with van der Waals surface area (Å²) in [6.45, 7) is 9.08. The van der Waals surface area contributed by atoms with Crippen molar-refractivity contribution < 1.29 is 9.32 Å². The van der Waals surface area contributed by atoms with Crippen LogP contribution in [0.5, 0.6) is 0 Å². The number of guanidine groups is 1. The van der Waals surface area contributed by atoms with E-state index in [0.29, 0.717) is 18.4 Å². The molecule has 1 atom stereocenters. The Morgan fingerprint density at radius 3 is 2.72 bits per heavy atom. The van der Waals surface area contributed by atoms with Crippen LogP contribution in [0, 0.1) is 5.92 Å². The molecule has 0 aromatic carbocycles. The van der Waals surface area contributed by atoms with Gasteiger partial charge in [-0.2, -0.15) is 0 Å². The quantitative estimate of drug-likeness (QED) is 0.342. The summed E-state index contributed by atoms with van der Waals surface area (Å²) in [4.78, 5) is 19.4. The number of carbonyl (C=O) groups is 1. The minimum absolute atomic E-state index is 0. The Labute approximate surface area is 191 Å². The second kappa shape index (κ2) is 11.8. The van der Waals surface area contributed by atoms with Crippen LogP contribution in [0.15, 0.2) is 15.6 Å². The Bertz CT molecular complexity index is 670. The van der Waals surface area contributed by atoms with Crippen LogP contribution in [0.1, 0.15) is 76.7 Å². The number of amides is 1. The van der Waals surface area contributed by atoms with E-state index in [2.05, 4.69) is 41.6 Å². The minimum atomic E-state index is 0. The molecule has 0 bridgehead atoms. The second-order valence-electron chi connectivity index (χ2n) is 8.32. The fraction of sp³-hybridized carbons (Fsp3) is 0.762. The first-order chi connectivity index (χ1) is 13.6. The van der Waals surface area contributed by atoms with E-state index in [0.717, 1.165) is 56.3 Å². The van der Waals surface area contributed by atoms with Crippen LogP contribution in [0.3, 0.4) is 0 Å². The minimum Gasteiger partial charge on any atom is -0.359 e. The molecule has 2 aliphatic rings. The molecule has 1 saturated heterocycles. The van der Waals surface area contributed by atoms with E-state index in [-0.39, 0.29) is 35.9 Å². The number of nitrogens with one attached hydrogen (secondary N) is 2. The molecule has 1 aliphatic carbocycles. The van der Waals surface area contributed by atoms with Crippen molar-refractivity contribution in [2.45, 2.75) is 77.8 Å². The lowest BCUT2D eigenvalue weighted by molar-refractivity contribution is -0.135. The van der Waals surface area contributed by atoms with Gasteiger partial charge in [0.05, 0.1) is 5.69 Å². The van der Waals surface area contributed by atoms with Gasteiger partial charge in [-0.1, -0.05) is 38.3 Å². The summed E-state index contributed by atoms with van der Waals surface area (Å²) >= 11 is 0. The summed E-state index contributed by atoms with van der Waals surface area (Å²) in [6.07, 6.45) is 6.76. The molecule has 164 valence electrons. The lowest BCUT2D eigenvalue weighted by atomic mass is 9.88. The van der Waals surface area contributed by atoms with E-state index in [9.17, 15) is 4.79 Å². The Hall–Kier alpha value is -1.32. The highest BCUT2D eigenvalue weighted by Crippen LogP contribution is 2.26. The smallest absolute Gasteiger partial charge is 0.225 e. The summed E-state index contributed by atoms with van der Waals surface area (Å²) in [5, 5.41) is 10.9. The molecule has 1 unspecified atom stereocenters. The largest absolute Gasteiger partial charge is 0.359 e. The number of rotatable bonds is 6. The third kappa shape index (κ3) is 6.86. The molecule has 3 rings (SSSR count). The molecule has 0 spiro atoms. The van der Waals surface area contributed by atoms with Gasteiger partial charge in [0.25, 0.3) is 0 Å². The molecule has 1 aromatic heterocycles. The molecule has 1 aromatic rings. The van der Waals surface area contributed by atoms with Gasteiger partial charge in [-0.25, -0.2) is 4.99 Å². The fourth-order valence-corrected chi connectivity index (χ4v) is 4.03. The zero-order chi connectivity index (χ0) is 19.9. The number of nitrogens with zero attached hydrogens (tertiary/aromatic N) is 3. The first-order valence-corrected chi connectivity index (χ1v) is 10.9. The van der Waals surface area contributed by atoms with Gasteiger partial charge in [0.2, 0.25) is 5.91 Å². The SMILES string of the molecule is CCNC(=NCc1cc(C(C)C)no1)NC1CCN(C(=O)C2CCCCC2)C1.I. The molecular weight excluding hydrogens is 481 g/mol.